The van der Waals surface area contributed by atoms with E-state index in [9.17, 15) is 4.79 Å². The van der Waals surface area contributed by atoms with Crippen molar-refractivity contribution >= 4 is 5.78 Å². The van der Waals surface area contributed by atoms with E-state index in [1.54, 1.807) is 0 Å². The van der Waals surface area contributed by atoms with Gasteiger partial charge in [0.25, 0.3) is 0 Å². The molecule has 2 spiro atoms. The number of ketones is 1. The molecular formula is C43H36O5. The van der Waals surface area contributed by atoms with Crippen molar-refractivity contribution in [1.82, 2.24) is 0 Å². The second-order valence-corrected chi connectivity index (χ2v) is 13.5. The van der Waals surface area contributed by atoms with Crippen molar-refractivity contribution in [3.63, 3.8) is 0 Å². The minimum atomic E-state index is -0.530. The molecule has 0 radical (unpaired) electrons. The molecule has 6 aliphatic carbocycles. The lowest BCUT2D eigenvalue weighted by molar-refractivity contribution is -0.127. The first-order chi connectivity index (χ1) is 23.6. The van der Waals surface area contributed by atoms with Gasteiger partial charge in [0, 0.05) is 23.8 Å². The van der Waals surface area contributed by atoms with Crippen molar-refractivity contribution in [2.75, 3.05) is 13.2 Å². The van der Waals surface area contributed by atoms with Crippen molar-refractivity contribution in [2.24, 2.45) is 11.3 Å². The van der Waals surface area contributed by atoms with Crippen LogP contribution in [-0.4, -0.2) is 19.0 Å². The summed E-state index contributed by atoms with van der Waals surface area (Å²) in [4.78, 5) is 14.3. The van der Waals surface area contributed by atoms with Gasteiger partial charge in [-0.05, 0) is 57.2 Å². The third kappa shape index (κ3) is 4.60. The van der Waals surface area contributed by atoms with E-state index in [-0.39, 0.29) is 18.3 Å². The topological polar surface area (TPSA) is 54.0 Å². The van der Waals surface area contributed by atoms with Crippen LogP contribution >= 0.6 is 0 Å². The second-order valence-electron chi connectivity index (χ2n) is 13.5. The molecular weight excluding hydrogens is 596 g/mol. The van der Waals surface area contributed by atoms with Crippen LogP contribution in [0.25, 0.3) is 0 Å². The maximum atomic E-state index is 14.3. The van der Waals surface area contributed by atoms with Gasteiger partial charge in [-0.25, -0.2) is 0 Å². The van der Waals surface area contributed by atoms with Gasteiger partial charge in [-0.3, -0.25) is 4.79 Å². The van der Waals surface area contributed by atoms with Gasteiger partial charge < -0.3 is 18.9 Å². The quantitative estimate of drug-likeness (QED) is 0.164. The van der Waals surface area contributed by atoms with Crippen molar-refractivity contribution in [1.29, 1.82) is 0 Å². The minimum Gasteiger partial charge on any atom is -0.493 e. The Labute approximate surface area is 280 Å². The molecule has 238 valence electrons. The molecule has 0 saturated carbocycles. The molecule has 5 nitrogen and oxygen atoms in total. The number of Topliss-reactive ketones (excluding diaryl/α,β-unsaturated/α-hetero) is 1. The molecule has 5 heteroatoms. The summed E-state index contributed by atoms with van der Waals surface area (Å²) in [6, 6.07) is 43.6. The number of allylic oxidation sites excluding steroid dienone is 1. The summed E-state index contributed by atoms with van der Waals surface area (Å²) in [5.74, 6) is 1.85. The number of hydrogen-bond donors (Lipinski definition) is 0. The van der Waals surface area contributed by atoms with Crippen LogP contribution in [-0.2, 0) is 39.5 Å². The number of carbonyl (C=O) groups is 1. The third-order valence-corrected chi connectivity index (χ3v) is 10.8. The molecule has 1 fully saturated rings. The predicted octanol–water partition coefficient (Wildman–Crippen LogP) is 8.30. The molecule has 48 heavy (non-hydrogen) atoms. The van der Waals surface area contributed by atoms with Crippen molar-refractivity contribution in [2.45, 2.75) is 37.6 Å². The highest BCUT2D eigenvalue weighted by Gasteiger charge is 2.66. The second kappa shape index (κ2) is 11.5. The van der Waals surface area contributed by atoms with Gasteiger partial charge in [0.15, 0.2) is 0 Å². The Kier molecular flexibility index (Phi) is 6.98. The summed E-state index contributed by atoms with van der Waals surface area (Å²) < 4.78 is 25.7. The molecule has 0 unspecified atom stereocenters. The van der Waals surface area contributed by atoms with E-state index in [1.165, 1.54) is 22.3 Å². The molecule has 0 amide bonds. The molecule has 4 bridgehead atoms. The van der Waals surface area contributed by atoms with E-state index in [1.807, 2.05) is 54.6 Å². The van der Waals surface area contributed by atoms with Crippen molar-refractivity contribution in [3.05, 3.63) is 178 Å². The minimum absolute atomic E-state index is 0.119. The van der Waals surface area contributed by atoms with Gasteiger partial charge in [0.05, 0.1) is 24.5 Å². The van der Waals surface area contributed by atoms with Gasteiger partial charge in [-0.2, -0.15) is 0 Å². The normalized spacial score (nSPS) is 24.5. The lowest BCUT2D eigenvalue weighted by Gasteiger charge is -2.55. The smallest absolute Gasteiger partial charge is 0.145 e. The number of carbonyl (C=O) groups excluding carboxylic acids is 1. The fraction of sp³-hybridized carbons (Fsp3) is 0.233. The summed E-state index contributed by atoms with van der Waals surface area (Å²) in [6.45, 7) is 2.18. The first kappa shape index (κ1) is 29.0. The van der Waals surface area contributed by atoms with Gasteiger partial charge in [-0.15, -0.1) is 0 Å². The largest absolute Gasteiger partial charge is 0.493 e. The van der Waals surface area contributed by atoms with Gasteiger partial charge >= 0.3 is 0 Å². The Morgan fingerprint density at radius 3 is 1.73 bits per heavy atom. The Bertz CT molecular complexity index is 1920. The summed E-state index contributed by atoms with van der Waals surface area (Å²) >= 11 is 0. The van der Waals surface area contributed by atoms with Crippen LogP contribution in [0.5, 0.6) is 11.5 Å². The Morgan fingerprint density at radius 2 is 1.12 bits per heavy atom. The standard InChI is InChI=1S/C43H36O5/c44-38-22-42-23-39(41(38)40-34-15-7-9-17-36(34)43(42,28-45-27-42)37-18-10-8-16-35(37)40)48-26-31-19-32(46-24-29-11-3-1-4-12-29)21-33(20-31)47-25-30-13-5-2-6-14-30/h1-21,23,40-41H,22,24-28H2/t40?,41-,42+,43?/m0/s1. The number of rotatable bonds is 9. The van der Waals surface area contributed by atoms with Gasteiger partial charge in [0.2, 0.25) is 0 Å². The number of hydrogen-bond acceptors (Lipinski definition) is 5. The average molecular weight is 633 g/mol. The van der Waals surface area contributed by atoms with Crippen LogP contribution in [0.4, 0.5) is 0 Å². The number of benzene rings is 5. The first-order valence-corrected chi connectivity index (χ1v) is 16.8. The van der Waals surface area contributed by atoms with Crippen LogP contribution < -0.4 is 9.47 Å². The van der Waals surface area contributed by atoms with E-state index < -0.39 is 16.7 Å². The van der Waals surface area contributed by atoms with E-state index in [0.717, 1.165) is 22.4 Å². The zero-order valence-electron chi connectivity index (χ0n) is 26.6. The highest BCUT2D eigenvalue weighted by Crippen LogP contribution is 2.66. The molecule has 0 aromatic heterocycles. The Hall–Kier alpha value is -5.13. The first-order valence-electron chi connectivity index (χ1n) is 16.8. The highest BCUT2D eigenvalue weighted by molar-refractivity contribution is 5.90. The van der Waals surface area contributed by atoms with E-state index in [2.05, 4.69) is 78.9 Å². The van der Waals surface area contributed by atoms with Crippen LogP contribution in [0.3, 0.4) is 0 Å². The molecule has 2 atom stereocenters. The Balaban J connectivity index is 1.07. The molecule has 1 heterocycles. The fourth-order valence-corrected chi connectivity index (χ4v) is 8.70. The molecule has 1 aliphatic heterocycles. The Morgan fingerprint density at radius 1 is 0.583 bits per heavy atom. The monoisotopic (exact) mass is 632 g/mol. The van der Waals surface area contributed by atoms with Crippen LogP contribution in [0, 0.1) is 11.3 Å². The van der Waals surface area contributed by atoms with Crippen LogP contribution in [0.1, 0.15) is 51.3 Å². The van der Waals surface area contributed by atoms with Crippen molar-refractivity contribution < 1.29 is 23.7 Å². The lowest BCUT2D eigenvalue weighted by Crippen LogP contribution is -2.55. The molecule has 12 rings (SSSR count). The highest BCUT2D eigenvalue weighted by atomic mass is 16.5. The maximum absolute atomic E-state index is 14.3. The van der Waals surface area contributed by atoms with Crippen molar-refractivity contribution in [3.8, 4) is 11.5 Å². The molecule has 1 saturated heterocycles. The molecule has 7 aliphatic rings. The van der Waals surface area contributed by atoms with E-state index >= 15 is 0 Å². The summed E-state index contributed by atoms with van der Waals surface area (Å²) in [5, 5.41) is 0. The molecule has 0 N–H and O–H groups in total. The number of ether oxygens (including phenoxy) is 4. The average Bonchev–Trinajstić information content (AvgIpc) is 3.45. The van der Waals surface area contributed by atoms with Crippen LogP contribution in [0.2, 0.25) is 0 Å². The van der Waals surface area contributed by atoms with E-state index in [4.69, 9.17) is 18.9 Å². The zero-order valence-corrected chi connectivity index (χ0v) is 26.6. The van der Waals surface area contributed by atoms with Gasteiger partial charge in [-0.1, -0.05) is 109 Å². The molecule has 5 aromatic rings. The maximum Gasteiger partial charge on any atom is 0.145 e. The lowest BCUT2D eigenvalue weighted by atomic mass is 9.46. The SMILES string of the molecule is O=C1C[C@]23C=C(OCc4cc(OCc5ccccc5)cc(OCc5ccccc5)c4)[C@H]1C1c4ccccc4C2(COC3)c2ccccc21. The van der Waals surface area contributed by atoms with Crippen LogP contribution in [0.15, 0.2) is 139 Å². The summed E-state index contributed by atoms with van der Waals surface area (Å²) in [5.41, 5.74) is 7.12. The fourth-order valence-electron chi connectivity index (χ4n) is 8.70. The summed E-state index contributed by atoms with van der Waals surface area (Å²) in [7, 11) is 0. The third-order valence-electron chi connectivity index (χ3n) is 10.8. The molecule has 5 aromatic carbocycles. The van der Waals surface area contributed by atoms with E-state index in [0.29, 0.717) is 44.3 Å². The van der Waals surface area contributed by atoms with Gasteiger partial charge in [0.1, 0.15) is 42.9 Å². The zero-order chi connectivity index (χ0) is 32.1. The predicted molar refractivity (Wildman–Crippen MR) is 183 cm³/mol. The summed E-state index contributed by atoms with van der Waals surface area (Å²) in [6.07, 6.45) is 2.72.